The van der Waals surface area contributed by atoms with Gasteiger partial charge in [0.25, 0.3) is 5.91 Å². The van der Waals surface area contributed by atoms with Crippen LogP contribution in [0.3, 0.4) is 0 Å². The summed E-state index contributed by atoms with van der Waals surface area (Å²) in [6.07, 6.45) is 16.6. The first-order chi connectivity index (χ1) is 18.5. The molecule has 38 heavy (non-hydrogen) atoms. The Bertz CT molecular complexity index is 864. The lowest BCUT2D eigenvalue weighted by atomic mass is 9.90. The van der Waals surface area contributed by atoms with Crippen LogP contribution >= 0.6 is 0 Å². The molecule has 0 aromatic heterocycles. The van der Waals surface area contributed by atoms with Crippen LogP contribution in [0.1, 0.15) is 120 Å². The highest BCUT2D eigenvalue weighted by Gasteiger charge is 2.35. The van der Waals surface area contributed by atoms with Crippen molar-refractivity contribution in [2.24, 2.45) is 0 Å². The number of unbranched alkanes of at least 4 members (excludes halogenated alkanes) is 8. The van der Waals surface area contributed by atoms with E-state index in [0.29, 0.717) is 18.5 Å². The van der Waals surface area contributed by atoms with Crippen LogP contribution in [-0.2, 0) is 9.59 Å². The average Bonchev–Trinajstić information content (AvgIpc) is 3.44. The van der Waals surface area contributed by atoms with Crippen molar-refractivity contribution in [1.82, 2.24) is 15.5 Å². The number of benzene rings is 1. The number of methoxy groups -OCH3 is 1. The van der Waals surface area contributed by atoms with Crippen LogP contribution in [0, 0.1) is 0 Å². The summed E-state index contributed by atoms with van der Waals surface area (Å²) in [5, 5.41) is 6.33. The van der Waals surface area contributed by atoms with Gasteiger partial charge in [-0.2, -0.15) is 0 Å². The van der Waals surface area contributed by atoms with E-state index in [0.717, 1.165) is 57.1 Å². The Morgan fingerprint density at radius 1 is 0.816 bits per heavy atom. The van der Waals surface area contributed by atoms with Crippen molar-refractivity contribution >= 4 is 17.7 Å². The molecule has 7 heteroatoms. The molecule has 1 saturated carbocycles. The lowest BCUT2D eigenvalue weighted by molar-refractivity contribution is -0.138. The molecule has 0 bridgehead atoms. The Kier molecular flexibility index (Phi) is 12.9. The second-order valence-corrected chi connectivity index (χ2v) is 11.1. The number of nitrogens with one attached hydrogen (secondary N) is 2. The number of hydrogen-bond donors (Lipinski definition) is 2. The van der Waals surface area contributed by atoms with Crippen LogP contribution in [0.5, 0.6) is 5.75 Å². The predicted octanol–water partition coefficient (Wildman–Crippen LogP) is 5.76. The van der Waals surface area contributed by atoms with E-state index >= 15 is 0 Å². The van der Waals surface area contributed by atoms with E-state index in [2.05, 4.69) is 17.6 Å². The highest BCUT2D eigenvalue weighted by Crippen LogP contribution is 2.23. The van der Waals surface area contributed by atoms with Gasteiger partial charge in [-0.05, 0) is 69.2 Å². The largest absolute Gasteiger partial charge is 0.497 e. The van der Waals surface area contributed by atoms with Gasteiger partial charge in [0.2, 0.25) is 11.8 Å². The Hall–Kier alpha value is -2.57. The maximum atomic E-state index is 13.1. The fourth-order valence-electron chi connectivity index (χ4n) is 5.76. The number of carbonyl (C=O) groups excluding carboxylic acids is 3. The van der Waals surface area contributed by atoms with Gasteiger partial charge < -0.3 is 20.3 Å². The van der Waals surface area contributed by atoms with Crippen molar-refractivity contribution in [2.75, 3.05) is 13.7 Å². The molecule has 1 aliphatic heterocycles. The first-order valence-electron chi connectivity index (χ1n) is 15.1. The van der Waals surface area contributed by atoms with Crippen LogP contribution in [0.15, 0.2) is 24.3 Å². The van der Waals surface area contributed by atoms with Crippen molar-refractivity contribution in [2.45, 2.75) is 128 Å². The number of amides is 3. The second-order valence-electron chi connectivity index (χ2n) is 11.1. The third-order valence-corrected chi connectivity index (χ3v) is 8.13. The molecule has 2 aliphatic rings. The number of hydrogen-bond acceptors (Lipinski definition) is 4. The number of carbonyl (C=O) groups is 3. The minimum absolute atomic E-state index is 0.00588. The molecule has 3 amide bonds. The fourth-order valence-corrected chi connectivity index (χ4v) is 5.76. The van der Waals surface area contributed by atoms with Crippen LogP contribution in [0.4, 0.5) is 0 Å². The number of ether oxygens (including phenoxy) is 1. The molecule has 1 aromatic carbocycles. The topological polar surface area (TPSA) is 87.7 Å². The van der Waals surface area contributed by atoms with Gasteiger partial charge in [-0.25, -0.2) is 0 Å². The van der Waals surface area contributed by atoms with Crippen molar-refractivity contribution < 1.29 is 19.1 Å². The molecular formula is C31H49N3O4. The Morgan fingerprint density at radius 2 is 1.39 bits per heavy atom. The van der Waals surface area contributed by atoms with Gasteiger partial charge in [0.15, 0.2) is 0 Å². The molecule has 1 saturated heterocycles. The predicted molar refractivity (Wildman–Crippen MR) is 151 cm³/mol. The normalized spacial score (nSPS) is 21.2. The Balaban J connectivity index is 1.32. The van der Waals surface area contributed by atoms with Gasteiger partial charge in [0, 0.05) is 30.6 Å². The standard InChI is InChI=1S/C31H49N3O4/c1-3-4-5-6-7-8-9-10-11-14-29(35)34-23-12-13-28(34)31(37)33-26-19-17-25(18-20-26)32-30(36)24-15-21-27(38-2)22-16-24/h15-16,21-22,25-26,28H,3-14,17-20,23H2,1-2H3,(H,32,36)(H,33,37)/t25?,26?,28-/m0/s1. The summed E-state index contributed by atoms with van der Waals surface area (Å²) < 4.78 is 5.15. The lowest BCUT2D eigenvalue weighted by Gasteiger charge is -2.31. The molecule has 212 valence electrons. The Morgan fingerprint density at radius 3 is 2.00 bits per heavy atom. The molecule has 0 spiro atoms. The van der Waals surface area contributed by atoms with E-state index in [4.69, 9.17) is 4.74 Å². The number of nitrogens with zero attached hydrogens (tertiary/aromatic N) is 1. The molecule has 0 unspecified atom stereocenters. The molecule has 7 nitrogen and oxygen atoms in total. The highest BCUT2D eigenvalue weighted by atomic mass is 16.5. The van der Waals surface area contributed by atoms with Gasteiger partial charge in [-0.3, -0.25) is 14.4 Å². The minimum atomic E-state index is -0.325. The Labute approximate surface area is 229 Å². The molecule has 2 N–H and O–H groups in total. The van der Waals surface area contributed by atoms with Crippen LogP contribution < -0.4 is 15.4 Å². The van der Waals surface area contributed by atoms with Crippen LogP contribution in [0.25, 0.3) is 0 Å². The molecule has 1 aliphatic carbocycles. The number of likely N-dealkylation sites (tertiary alicyclic amines) is 1. The van der Waals surface area contributed by atoms with Gasteiger partial charge in [-0.15, -0.1) is 0 Å². The van der Waals surface area contributed by atoms with Crippen LogP contribution in [-0.4, -0.2) is 54.4 Å². The molecule has 2 fully saturated rings. The summed E-state index contributed by atoms with van der Waals surface area (Å²) in [7, 11) is 1.60. The zero-order valence-electron chi connectivity index (χ0n) is 23.6. The van der Waals surface area contributed by atoms with E-state index < -0.39 is 0 Å². The molecule has 1 aromatic rings. The van der Waals surface area contributed by atoms with E-state index in [1.54, 1.807) is 31.4 Å². The molecule has 0 radical (unpaired) electrons. The van der Waals surface area contributed by atoms with Crippen LogP contribution in [0.2, 0.25) is 0 Å². The quantitative estimate of drug-likeness (QED) is 0.284. The van der Waals surface area contributed by atoms with Gasteiger partial charge in [0.05, 0.1) is 7.11 Å². The molecule has 3 rings (SSSR count). The van der Waals surface area contributed by atoms with E-state index in [9.17, 15) is 14.4 Å². The summed E-state index contributed by atoms with van der Waals surface area (Å²) in [4.78, 5) is 40.3. The molecular weight excluding hydrogens is 478 g/mol. The summed E-state index contributed by atoms with van der Waals surface area (Å²) in [5.74, 6) is 0.778. The summed E-state index contributed by atoms with van der Waals surface area (Å²) in [6, 6.07) is 7.00. The monoisotopic (exact) mass is 527 g/mol. The lowest BCUT2D eigenvalue weighted by Crippen LogP contribution is -2.50. The van der Waals surface area contributed by atoms with Gasteiger partial charge in [0.1, 0.15) is 11.8 Å². The van der Waals surface area contributed by atoms with Gasteiger partial charge in [-0.1, -0.05) is 58.3 Å². The van der Waals surface area contributed by atoms with Crippen molar-refractivity contribution in [3.8, 4) is 5.75 Å². The van der Waals surface area contributed by atoms with Gasteiger partial charge >= 0.3 is 0 Å². The third kappa shape index (κ3) is 9.63. The molecule has 1 atom stereocenters. The van der Waals surface area contributed by atoms with E-state index in [-0.39, 0.29) is 35.8 Å². The van der Waals surface area contributed by atoms with E-state index in [1.807, 2.05) is 4.90 Å². The summed E-state index contributed by atoms with van der Waals surface area (Å²) in [6.45, 7) is 2.93. The smallest absolute Gasteiger partial charge is 0.251 e. The fraction of sp³-hybridized carbons (Fsp3) is 0.710. The second kappa shape index (κ2) is 16.4. The first-order valence-corrected chi connectivity index (χ1v) is 15.1. The van der Waals surface area contributed by atoms with Crippen molar-refractivity contribution in [3.63, 3.8) is 0 Å². The first kappa shape index (κ1) is 30.0. The van der Waals surface area contributed by atoms with Crippen molar-refractivity contribution in [1.29, 1.82) is 0 Å². The maximum Gasteiger partial charge on any atom is 0.251 e. The zero-order chi connectivity index (χ0) is 27.2. The highest BCUT2D eigenvalue weighted by molar-refractivity contribution is 5.94. The zero-order valence-corrected chi connectivity index (χ0v) is 23.6. The minimum Gasteiger partial charge on any atom is -0.497 e. The van der Waals surface area contributed by atoms with E-state index in [1.165, 1.54) is 44.9 Å². The SMILES string of the molecule is CCCCCCCCCCCC(=O)N1CCC[C@H]1C(=O)NC1CCC(NC(=O)c2ccc(OC)cc2)CC1. The maximum absolute atomic E-state index is 13.1. The number of rotatable bonds is 15. The van der Waals surface area contributed by atoms with Crippen molar-refractivity contribution in [3.05, 3.63) is 29.8 Å². The third-order valence-electron chi connectivity index (χ3n) is 8.13. The summed E-state index contributed by atoms with van der Waals surface area (Å²) >= 11 is 0. The average molecular weight is 528 g/mol. The molecule has 1 heterocycles. The summed E-state index contributed by atoms with van der Waals surface area (Å²) in [5.41, 5.74) is 0.620.